The van der Waals surface area contributed by atoms with E-state index in [4.69, 9.17) is 5.73 Å². The van der Waals surface area contributed by atoms with Crippen molar-refractivity contribution in [1.29, 1.82) is 0 Å². The lowest BCUT2D eigenvalue weighted by Crippen LogP contribution is -2.48. The van der Waals surface area contributed by atoms with Gasteiger partial charge in [0.2, 0.25) is 11.9 Å². The Kier molecular flexibility index (Phi) is 5.05. The molecule has 1 atom stereocenters. The van der Waals surface area contributed by atoms with Crippen molar-refractivity contribution in [3.8, 4) is 5.69 Å². The molecule has 24 heavy (non-hydrogen) atoms. The summed E-state index contributed by atoms with van der Waals surface area (Å²) in [6, 6.07) is 9.44. The Bertz CT molecular complexity index is 664. The molecule has 1 aliphatic rings. The van der Waals surface area contributed by atoms with E-state index in [-0.39, 0.29) is 18.0 Å². The number of carbonyl (C=O) groups is 1. The molecular formula is C16H23N7O. The number of benzene rings is 1. The summed E-state index contributed by atoms with van der Waals surface area (Å²) in [7, 11) is 0. The molecule has 128 valence electrons. The predicted molar refractivity (Wildman–Crippen MR) is 90.6 cm³/mol. The van der Waals surface area contributed by atoms with E-state index in [0.29, 0.717) is 25.5 Å². The lowest BCUT2D eigenvalue weighted by atomic mass is 10.0. The van der Waals surface area contributed by atoms with Crippen molar-refractivity contribution < 1.29 is 4.79 Å². The molecule has 1 amide bonds. The standard InChI is InChI=1S/C16H23N7O/c1-2-14(15(24)22-10-8-12(17)9-11-22)18-16-19-20-21-23(16)13-6-4-3-5-7-13/h3-7,12,14H,2,8-11,17H2,1H3,(H,18,19,21). The van der Waals surface area contributed by atoms with E-state index in [2.05, 4.69) is 20.8 Å². The van der Waals surface area contributed by atoms with Gasteiger partial charge in [-0.3, -0.25) is 4.79 Å². The zero-order valence-electron chi connectivity index (χ0n) is 13.8. The van der Waals surface area contributed by atoms with E-state index in [0.717, 1.165) is 18.5 Å². The number of para-hydroxylation sites is 1. The first-order valence-corrected chi connectivity index (χ1v) is 8.33. The van der Waals surface area contributed by atoms with Crippen LogP contribution < -0.4 is 11.1 Å². The van der Waals surface area contributed by atoms with Gasteiger partial charge in [-0.05, 0) is 41.8 Å². The summed E-state index contributed by atoms with van der Waals surface area (Å²) in [4.78, 5) is 14.6. The number of nitrogens with two attached hydrogens (primary N) is 1. The van der Waals surface area contributed by atoms with Gasteiger partial charge in [0.15, 0.2) is 0 Å². The van der Waals surface area contributed by atoms with Gasteiger partial charge in [0, 0.05) is 19.1 Å². The molecule has 0 bridgehead atoms. The number of nitrogens with zero attached hydrogens (tertiary/aromatic N) is 5. The Labute approximate surface area is 141 Å². The molecule has 3 N–H and O–H groups in total. The molecule has 1 aromatic heterocycles. The molecule has 0 spiro atoms. The van der Waals surface area contributed by atoms with E-state index in [1.54, 1.807) is 4.68 Å². The summed E-state index contributed by atoms with van der Waals surface area (Å²) in [5.74, 6) is 0.544. The van der Waals surface area contributed by atoms with Crippen LogP contribution in [0.4, 0.5) is 5.95 Å². The normalized spacial score (nSPS) is 16.8. The van der Waals surface area contributed by atoms with Gasteiger partial charge in [0.1, 0.15) is 6.04 Å². The number of carbonyl (C=O) groups excluding carboxylic acids is 1. The van der Waals surface area contributed by atoms with E-state index in [9.17, 15) is 4.79 Å². The number of likely N-dealkylation sites (tertiary alicyclic amines) is 1. The molecule has 8 heteroatoms. The number of nitrogens with one attached hydrogen (secondary N) is 1. The summed E-state index contributed by atoms with van der Waals surface area (Å²) in [5.41, 5.74) is 6.76. The zero-order valence-corrected chi connectivity index (χ0v) is 13.8. The molecule has 8 nitrogen and oxygen atoms in total. The molecule has 1 fully saturated rings. The Morgan fingerprint density at radius 3 is 2.71 bits per heavy atom. The van der Waals surface area contributed by atoms with E-state index in [1.165, 1.54) is 0 Å². The molecule has 1 saturated heterocycles. The van der Waals surface area contributed by atoms with E-state index < -0.39 is 0 Å². The smallest absolute Gasteiger partial charge is 0.248 e. The van der Waals surface area contributed by atoms with E-state index in [1.807, 2.05) is 42.2 Å². The maximum Gasteiger partial charge on any atom is 0.248 e. The molecule has 0 saturated carbocycles. The summed E-state index contributed by atoms with van der Waals surface area (Å²) in [5, 5.41) is 14.9. The minimum atomic E-state index is -0.354. The second kappa shape index (κ2) is 7.39. The minimum absolute atomic E-state index is 0.0759. The lowest BCUT2D eigenvalue weighted by molar-refractivity contribution is -0.133. The minimum Gasteiger partial charge on any atom is -0.341 e. The Balaban J connectivity index is 1.72. The molecule has 1 aromatic carbocycles. The number of anilines is 1. The summed E-state index contributed by atoms with van der Waals surface area (Å²) < 4.78 is 1.60. The van der Waals surface area contributed by atoms with Crippen LogP contribution >= 0.6 is 0 Å². The average molecular weight is 329 g/mol. The van der Waals surface area contributed by atoms with Crippen LogP contribution in [0.2, 0.25) is 0 Å². The van der Waals surface area contributed by atoms with Crippen molar-refractivity contribution in [3.63, 3.8) is 0 Å². The number of rotatable bonds is 5. The van der Waals surface area contributed by atoms with Gasteiger partial charge in [0.05, 0.1) is 5.69 Å². The van der Waals surface area contributed by atoms with Crippen LogP contribution in [0.15, 0.2) is 30.3 Å². The maximum absolute atomic E-state index is 12.8. The van der Waals surface area contributed by atoms with Crippen molar-refractivity contribution in [3.05, 3.63) is 30.3 Å². The Morgan fingerprint density at radius 1 is 1.33 bits per heavy atom. The number of hydrogen-bond acceptors (Lipinski definition) is 6. The van der Waals surface area contributed by atoms with Gasteiger partial charge in [-0.25, -0.2) is 0 Å². The van der Waals surface area contributed by atoms with Crippen molar-refractivity contribution in [2.24, 2.45) is 5.73 Å². The van der Waals surface area contributed by atoms with Crippen LogP contribution in [-0.4, -0.2) is 56.2 Å². The predicted octanol–water partition coefficient (Wildman–Crippen LogP) is 0.802. The summed E-state index contributed by atoms with van der Waals surface area (Å²) in [6.07, 6.45) is 2.36. The van der Waals surface area contributed by atoms with Crippen molar-refractivity contribution in [1.82, 2.24) is 25.1 Å². The maximum atomic E-state index is 12.8. The molecule has 0 radical (unpaired) electrons. The average Bonchev–Trinajstić information content (AvgIpc) is 3.08. The first-order valence-electron chi connectivity index (χ1n) is 8.33. The van der Waals surface area contributed by atoms with Crippen molar-refractivity contribution >= 4 is 11.9 Å². The monoisotopic (exact) mass is 329 g/mol. The van der Waals surface area contributed by atoms with Crippen LogP contribution in [0.1, 0.15) is 26.2 Å². The van der Waals surface area contributed by atoms with Gasteiger partial charge in [0.25, 0.3) is 0 Å². The fraction of sp³-hybridized carbons (Fsp3) is 0.500. The van der Waals surface area contributed by atoms with Crippen LogP contribution in [0.3, 0.4) is 0 Å². The summed E-state index contributed by atoms with van der Waals surface area (Å²) >= 11 is 0. The first-order chi connectivity index (χ1) is 11.7. The lowest BCUT2D eigenvalue weighted by Gasteiger charge is -2.32. The number of tetrazole rings is 1. The number of piperidine rings is 1. The molecule has 3 rings (SSSR count). The van der Waals surface area contributed by atoms with Gasteiger partial charge < -0.3 is 16.0 Å². The second-order valence-corrected chi connectivity index (χ2v) is 6.02. The highest BCUT2D eigenvalue weighted by Gasteiger charge is 2.27. The SMILES string of the molecule is CCC(Nc1nnnn1-c1ccccc1)C(=O)N1CCC(N)CC1. The first kappa shape index (κ1) is 16.4. The van der Waals surface area contributed by atoms with Crippen LogP contribution in [-0.2, 0) is 4.79 Å². The van der Waals surface area contributed by atoms with Crippen LogP contribution in [0, 0.1) is 0 Å². The third-order valence-corrected chi connectivity index (χ3v) is 4.33. The highest BCUT2D eigenvalue weighted by atomic mass is 16.2. The van der Waals surface area contributed by atoms with Gasteiger partial charge in [-0.1, -0.05) is 30.2 Å². The Morgan fingerprint density at radius 2 is 2.04 bits per heavy atom. The third-order valence-electron chi connectivity index (χ3n) is 4.33. The third kappa shape index (κ3) is 3.53. The van der Waals surface area contributed by atoms with Crippen LogP contribution in [0.25, 0.3) is 5.69 Å². The molecule has 0 aliphatic carbocycles. The highest BCUT2D eigenvalue weighted by Crippen LogP contribution is 2.15. The van der Waals surface area contributed by atoms with Gasteiger partial charge >= 0.3 is 0 Å². The number of aromatic nitrogens is 4. The zero-order chi connectivity index (χ0) is 16.9. The van der Waals surface area contributed by atoms with Crippen LogP contribution in [0.5, 0.6) is 0 Å². The quantitative estimate of drug-likeness (QED) is 0.841. The number of hydrogen-bond donors (Lipinski definition) is 2. The van der Waals surface area contributed by atoms with Gasteiger partial charge in [-0.15, -0.1) is 0 Å². The largest absolute Gasteiger partial charge is 0.341 e. The molecular weight excluding hydrogens is 306 g/mol. The molecule has 2 heterocycles. The molecule has 2 aromatic rings. The number of amides is 1. The van der Waals surface area contributed by atoms with E-state index >= 15 is 0 Å². The van der Waals surface area contributed by atoms with Gasteiger partial charge in [-0.2, -0.15) is 4.68 Å². The highest BCUT2D eigenvalue weighted by molar-refractivity contribution is 5.84. The van der Waals surface area contributed by atoms with Crippen molar-refractivity contribution in [2.75, 3.05) is 18.4 Å². The fourth-order valence-electron chi connectivity index (χ4n) is 2.85. The van der Waals surface area contributed by atoms with Crippen molar-refractivity contribution in [2.45, 2.75) is 38.3 Å². The topological polar surface area (TPSA) is 102 Å². The molecule has 1 unspecified atom stereocenters. The Hall–Kier alpha value is -2.48. The second-order valence-electron chi connectivity index (χ2n) is 6.02. The molecule has 1 aliphatic heterocycles. The summed E-state index contributed by atoms with van der Waals surface area (Å²) in [6.45, 7) is 3.39. The fourth-order valence-corrected chi connectivity index (χ4v) is 2.85.